The van der Waals surface area contributed by atoms with Gasteiger partial charge in [-0.3, -0.25) is 9.59 Å². The molecule has 0 saturated heterocycles. The Balaban J connectivity index is 4.02. The minimum absolute atomic E-state index is 0.0161. The van der Waals surface area contributed by atoms with E-state index in [4.69, 9.17) is 4.74 Å². The summed E-state index contributed by atoms with van der Waals surface area (Å²) in [6.45, 7) is 6.77. The van der Waals surface area contributed by atoms with Gasteiger partial charge in [0, 0.05) is 19.3 Å². The van der Waals surface area contributed by atoms with Crippen molar-refractivity contribution >= 4 is 11.8 Å². The standard InChI is InChI=1S/C37H72O3/c1-4-7-10-13-15-17-22-27-32-36(33-28-23-18-16-14-11-8-5-2)40-37(39)34-29-24-19-21-26-31-35(38)30-25-20-12-9-6-3/h36H,4-34H2,1-3H3. The molecule has 0 bridgehead atoms. The van der Waals surface area contributed by atoms with Crippen molar-refractivity contribution in [3.63, 3.8) is 0 Å². The quantitative estimate of drug-likeness (QED) is 0.0588. The van der Waals surface area contributed by atoms with Crippen molar-refractivity contribution in [2.75, 3.05) is 0 Å². The molecule has 0 aliphatic heterocycles. The average Bonchev–Trinajstić information content (AvgIpc) is 2.95. The number of carbonyl (C=O) groups excluding carboxylic acids is 2. The Morgan fingerprint density at radius 2 is 0.700 bits per heavy atom. The van der Waals surface area contributed by atoms with Gasteiger partial charge in [-0.2, -0.15) is 0 Å². The van der Waals surface area contributed by atoms with Gasteiger partial charge in [-0.05, 0) is 44.9 Å². The largest absolute Gasteiger partial charge is 0.462 e. The van der Waals surface area contributed by atoms with Crippen LogP contribution in [0.5, 0.6) is 0 Å². The fraction of sp³-hybridized carbons (Fsp3) is 0.946. The molecule has 0 saturated carbocycles. The van der Waals surface area contributed by atoms with Crippen LogP contribution < -0.4 is 0 Å². The lowest BCUT2D eigenvalue weighted by molar-refractivity contribution is -0.150. The van der Waals surface area contributed by atoms with Crippen molar-refractivity contribution in [2.24, 2.45) is 0 Å². The van der Waals surface area contributed by atoms with Gasteiger partial charge >= 0.3 is 5.97 Å². The second-order valence-electron chi connectivity index (χ2n) is 12.6. The monoisotopic (exact) mass is 565 g/mol. The van der Waals surface area contributed by atoms with Crippen LogP contribution in [0.4, 0.5) is 0 Å². The van der Waals surface area contributed by atoms with Crippen LogP contribution in [-0.4, -0.2) is 17.9 Å². The maximum Gasteiger partial charge on any atom is 0.306 e. The Morgan fingerprint density at radius 3 is 1.07 bits per heavy atom. The Bertz CT molecular complexity index is 510. The van der Waals surface area contributed by atoms with E-state index < -0.39 is 0 Å². The summed E-state index contributed by atoms with van der Waals surface area (Å²) >= 11 is 0. The Kier molecular flexibility index (Phi) is 31.9. The van der Waals surface area contributed by atoms with Gasteiger partial charge in [-0.25, -0.2) is 0 Å². The third-order valence-electron chi connectivity index (χ3n) is 8.45. The van der Waals surface area contributed by atoms with E-state index in [1.54, 1.807) is 0 Å². The summed E-state index contributed by atoms with van der Waals surface area (Å²) in [6, 6.07) is 0. The molecule has 0 aromatic rings. The fourth-order valence-electron chi connectivity index (χ4n) is 5.69. The Labute approximate surface area is 251 Å². The number of esters is 1. The van der Waals surface area contributed by atoms with Gasteiger partial charge in [0.2, 0.25) is 0 Å². The van der Waals surface area contributed by atoms with Gasteiger partial charge in [0.05, 0.1) is 0 Å². The number of hydrogen-bond acceptors (Lipinski definition) is 3. The van der Waals surface area contributed by atoms with E-state index in [-0.39, 0.29) is 12.1 Å². The topological polar surface area (TPSA) is 43.4 Å². The maximum absolute atomic E-state index is 12.6. The molecule has 3 nitrogen and oxygen atoms in total. The van der Waals surface area contributed by atoms with E-state index >= 15 is 0 Å². The molecule has 0 aliphatic carbocycles. The molecule has 0 unspecified atom stereocenters. The number of ketones is 1. The van der Waals surface area contributed by atoms with Crippen LogP contribution in [0, 0.1) is 0 Å². The Hall–Kier alpha value is -0.860. The lowest BCUT2D eigenvalue weighted by atomic mass is 10.0. The molecule has 0 aromatic heterocycles. The van der Waals surface area contributed by atoms with E-state index in [1.165, 1.54) is 128 Å². The van der Waals surface area contributed by atoms with E-state index in [1.807, 2.05) is 0 Å². The van der Waals surface area contributed by atoms with Gasteiger partial charge in [0.1, 0.15) is 11.9 Å². The minimum Gasteiger partial charge on any atom is -0.462 e. The van der Waals surface area contributed by atoms with Crippen LogP contribution >= 0.6 is 0 Å². The van der Waals surface area contributed by atoms with Crippen LogP contribution in [0.2, 0.25) is 0 Å². The lowest BCUT2D eigenvalue weighted by Gasteiger charge is -2.18. The molecule has 0 N–H and O–H groups in total. The maximum atomic E-state index is 12.6. The van der Waals surface area contributed by atoms with Crippen molar-refractivity contribution in [2.45, 2.75) is 226 Å². The Morgan fingerprint density at radius 1 is 0.400 bits per heavy atom. The number of unbranched alkanes of at least 4 members (excludes halogenated alkanes) is 22. The molecule has 238 valence electrons. The summed E-state index contributed by atoms with van der Waals surface area (Å²) in [5.74, 6) is 0.460. The number of ether oxygens (including phenoxy) is 1. The van der Waals surface area contributed by atoms with Crippen LogP contribution in [0.15, 0.2) is 0 Å². The summed E-state index contributed by atoms with van der Waals surface area (Å²) in [5.41, 5.74) is 0. The van der Waals surface area contributed by atoms with Crippen molar-refractivity contribution in [3.8, 4) is 0 Å². The molecule has 0 radical (unpaired) electrons. The molecule has 0 rings (SSSR count). The highest BCUT2D eigenvalue weighted by molar-refractivity contribution is 5.78. The summed E-state index contributed by atoms with van der Waals surface area (Å²) in [4.78, 5) is 24.6. The van der Waals surface area contributed by atoms with E-state index in [2.05, 4.69) is 20.8 Å². The van der Waals surface area contributed by atoms with Gasteiger partial charge < -0.3 is 4.74 Å². The molecule has 0 spiro atoms. The predicted molar refractivity (Wildman–Crippen MR) is 175 cm³/mol. The highest BCUT2D eigenvalue weighted by atomic mass is 16.5. The smallest absolute Gasteiger partial charge is 0.306 e. The molecule has 0 aromatic carbocycles. The van der Waals surface area contributed by atoms with Crippen molar-refractivity contribution in [1.29, 1.82) is 0 Å². The van der Waals surface area contributed by atoms with Crippen LogP contribution in [0.25, 0.3) is 0 Å². The molecule has 3 heteroatoms. The van der Waals surface area contributed by atoms with E-state index in [0.717, 1.165) is 64.2 Å². The predicted octanol–water partition coefficient (Wildman–Crippen LogP) is 12.6. The molecule has 0 heterocycles. The lowest BCUT2D eigenvalue weighted by Crippen LogP contribution is -2.18. The first kappa shape index (κ1) is 39.1. The van der Waals surface area contributed by atoms with Crippen LogP contribution in [0.3, 0.4) is 0 Å². The van der Waals surface area contributed by atoms with Crippen molar-refractivity contribution < 1.29 is 14.3 Å². The zero-order chi connectivity index (χ0) is 29.4. The van der Waals surface area contributed by atoms with Crippen molar-refractivity contribution in [1.82, 2.24) is 0 Å². The average molecular weight is 565 g/mol. The summed E-state index contributed by atoms with van der Waals surface area (Å²) in [7, 11) is 0. The summed E-state index contributed by atoms with van der Waals surface area (Å²) in [5, 5.41) is 0. The first-order valence-corrected chi connectivity index (χ1v) is 18.3. The first-order valence-electron chi connectivity index (χ1n) is 18.3. The molecule has 0 amide bonds. The van der Waals surface area contributed by atoms with Crippen LogP contribution in [0.1, 0.15) is 220 Å². The number of carbonyl (C=O) groups is 2. The minimum atomic E-state index is 0.0161. The first-order chi connectivity index (χ1) is 19.6. The zero-order valence-corrected chi connectivity index (χ0v) is 27.7. The molecule has 0 atom stereocenters. The third-order valence-corrected chi connectivity index (χ3v) is 8.45. The normalized spacial score (nSPS) is 11.4. The third kappa shape index (κ3) is 30.1. The van der Waals surface area contributed by atoms with E-state index in [9.17, 15) is 9.59 Å². The summed E-state index contributed by atoms with van der Waals surface area (Å²) in [6.07, 6.45) is 36.8. The zero-order valence-electron chi connectivity index (χ0n) is 27.7. The molecule has 0 aliphatic rings. The fourth-order valence-corrected chi connectivity index (χ4v) is 5.69. The summed E-state index contributed by atoms with van der Waals surface area (Å²) < 4.78 is 6.01. The number of rotatable bonds is 33. The second kappa shape index (κ2) is 32.7. The van der Waals surface area contributed by atoms with Gasteiger partial charge in [-0.15, -0.1) is 0 Å². The van der Waals surface area contributed by atoms with Gasteiger partial charge in [0.15, 0.2) is 0 Å². The number of Topliss-reactive ketones (excluding diaryl/α,β-unsaturated/α-hetero) is 1. The molecule has 0 fully saturated rings. The molecular formula is C37H72O3. The van der Waals surface area contributed by atoms with Gasteiger partial charge in [-0.1, -0.05) is 156 Å². The van der Waals surface area contributed by atoms with E-state index in [0.29, 0.717) is 12.2 Å². The second-order valence-corrected chi connectivity index (χ2v) is 12.6. The number of hydrogen-bond donors (Lipinski definition) is 0. The highest BCUT2D eigenvalue weighted by Crippen LogP contribution is 2.19. The molecule has 40 heavy (non-hydrogen) atoms. The van der Waals surface area contributed by atoms with Gasteiger partial charge in [0.25, 0.3) is 0 Å². The highest BCUT2D eigenvalue weighted by Gasteiger charge is 2.14. The van der Waals surface area contributed by atoms with Crippen LogP contribution in [-0.2, 0) is 14.3 Å². The van der Waals surface area contributed by atoms with Crippen molar-refractivity contribution in [3.05, 3.63) is 0 Å². The molecular weight excluding hydrogens is 492 g/mol. The SMILES string of the molecule is CCCCCCCCCCC(CCCCCCCCCC)OC(=O)CCCCCCCC(=O)CCCCCCC.